The van der Waals surface area contributed by atoms with Crippen LogP contribution in [0, 0.1) is 5.92 Å². The molecule has 1 amide bonds. The van der Waals surface area contributed by atoms with Gasteiger partial charge in [0.25, 0.3) is 0 Å². The van der Waals surface area contributed by atoms with Crippen LogP contribution < -0.4 is 11.1 Å². The first-order valence-electron chi connectivity index (χ1n) is 7.55. The molecule has 1 aromatic rings. The zero-order valence-electron chi connectivity index (χ0n) is 12.2. The summed E-state index contributed by atoms with van der Waals surface area (Å²) in [5.41, 5.74) is 6.92. The molecule has 22 heavy (non-hydrogen) atoms. The van der Waals surface area contributed by atoms with Crippen LogP contribution >= 0.6 is 35.6 Å². The van der Waals surface area contributed by atoms with Gasteiger partial charge in [-0.2, -0.15) is 0 Å². The van der Waals surface area contributed by atoms with E-state index in [1.54, 1.807) is 6.07 Å². The second-order valence-corrected chi connectivity index (χ2v) is 7.08. The van der Waals surface area contributed by atoms with Gasteiger partial charge in [0.15, 0.2) is 0 Å². The van der Waals surface area contributed by atoms with Crippen molar-refractivity contribution in [1.82, 2.24) is 5.32 Å². The lowest BCUT2D eigenvalue weighted by Gasteiger charge is -2.26. The Bertz CT molecular complexity index is 544. The fraction of sp³-hybridized carbons (Fsp3) is 0.562. The highest BCUT2D eigenvalue weighted by molar-refractivity contribution is 6.35. The minimum atomic E-state index is 0. The molecule has 1 aromatic carbocycles. The molecule has 6 heteroatoms. The molecule has 2 atom stereocenters. The lowest BCUT2D eigenvalue weighted by atomic mass is 9.91. The number of carbonyl (C=O) groups excluding carboxylic acids is 1. The number of rotatable bonds is 3. The van der Waals surface area contributed by atoms with Crippen LogP contribution in [0.3, 0.4) is 0 Å². The summed E-state index contributed by atoms with van der Waals surface area (Å²) in [7, 11) is 0. The molecule has 2 saturated carbocycles. The van der Waals surface area contributed by atoms with E-state index in [0.717, 1.165) is 37.7 Å². The lowest BCUT2D eigenvalue weighted by molar-refractivity contribution is -0.123. The summed E-state index contributed by atoms with van der Waals surface area (Å²) in [5, 5.41) is 4.46. The van der Waals surface area contributed by atoms with E-state index in [0.29, 0.717) is 22.1 Å². The van der Waals surface area contributed by atoms with Crippen molar-refractivity contribution in [3.05, 3.63) is 33.8 Å². The van der Waals surface area contributed by atoms with Crippen molar-refractivity contribution in [3.63, 3.8) is 0 Å². The molecule has 0 spiro atoms. The topological polar surface area (TPSA) is 55.1 Å². The van der Waals surface area contributed by atoms with Crippen molar-refractivity contribution >= 4 is 41.5 Å². The minimum absolute atomic E-state index is 0. The fourth-order valence-electron chi connectivity index (χ4n) is 3.20. The highest BCUT2D eigenvalue weighted by atomic mass is 35.5. The maximum Gasteiger partial charge on any atom is 0.223 e. The van der Waals surface area contributed by atoms with Crippen LogP contribution in [0.25, 0.3) is 0 Å². The van der Waals surface area contributed by atoms with Crippen LogP contribution in [0.4, 0.5) is 0 Å². The number of hydrogen-bond acceptors (Lipinski definition) is 2. The van der Waals surface area contributed by atoms with Crippen LogP contribution in [0.1, 0.15) is 43.6 Å². The predicted octanol–water partition coefficient (Wildman–Crippen LogP) is 3.90. The average molecular weight is 364 g/mol. The first kappa shape index (κ1) is 17.9. The second kappa shape index (κ2) is 7.39. The average Bonchev–Trinajstić information content (AvgIpc) is 3.21. The van der Waals surface area contributed by atoms with E-state index < -0.39 is 0 Å². The lowest BCUT2D eigenvalue weighted by Crippen LogP contribution is -2.41. The molecule has 3 N–H and O–H groups in total. The van der Waals surface area contributed by atoms with Crippen LogP contribution in [-0.4, -0.2) is 18.0 Å². The molecule has 2 fully saturated rings. The van der Waals surface area contributed by atoms with Gasteiger partial charge in [-0.05, 0) is 55.7 Å². The van der Waals surface area contributed by atoms with Gasteiger partial charge in [0.1, 0.15) is 0 Å². The summed E-state index contributed by atoms with van der Waals surface area (Å²) in [4.78, 5) is 12.3. The first-order chi connectivity index (χ1) is 10.0. The summed E-state index contributed by atoms with van der Waals surface area (Å²) < 4.78 is 0. The number of nitrogens with one attached hydrogen (secondary N) is 1. The van der Waals surface area contributed by atoms with Gasteiger partial charge in [-0.25, -0.2) is 0 Å². The van der Waals surface area contributed by atoms with Crippen molar-refractivity contribution in [2.45, 2.75) is 50.1 Å². The van der Waals surface area contributed by atoms with E-state index in [1.807, 2.05) is 12.1 Å². The summed E-state index contributed by atoms with van der Waals surface area (Å²) in [6.45, 7) is 0. The van der Waals surface area contributed by atoms with E-state index in [4.69, 9.17) is 28.9 Å². The van der Waals surface area contributed by atoms with Gasteiger partial charge in [0.2, 0.25) is 5.91 Å². The summed E-state index contributed by atoms with van der Waals surface area (Å²) in [5.74, 6) is 0.450. The van der Waals surface area contributed by atoms with Crippen LogP contribution in [0.5, 0.6) is 0 Å². The van der Waals surface area contributed by atoms with Gasteiger partial charge in [-0.15, -0.1) is 12.4 Å². The van der Waals surface area contributed by atoms with Crippen molar-refractivity contribution in [3.8, 4) is 0 Å². The number of benzene rings is 1. The first-order valence-corrected chi connectivity index (χ1v) is 8.31. The molecular weight excluding hydrogens is 343 g/mol. The Labute approximate surface area is 147 Å². The maximum atomic E-state index is 12.3. The second-order valence-electron chi connectivity index (χ2n) is 6.23. The molecule has 122 valence electrons. The minimum Gasteiger partial charge on any atom is -0.353 e. The molecule has 3 nitrogen and oxygen atoms in total. The van der Waals surface area contributed by atoms with E-state index >= 15 is 0 Å². The molecule has 0 bridgehead atoms. The van der Waals surface area contributed by atoms with Crippen molar-refractivity contribution in [1.29, 1.82) is 0 Å². The van der Waals surface area contributed by atoms with Crippen molar-refractivity contribution in [2.75, 3.05) is 0 Å². The summed E-state index contributed by atoms with van der Waals surface area (Å²) in [6, 6.07) is 6.11. The number of carbonyl (C=O) groups is 1. The number of halogens is 3. The Morgan fingerprint density at radius 2 is 1.86 bits per heavy atom. The largest absolute Gasteiger partial charge is 0.353 e. The molecule has 3 rings (SSSR count). The Balaban J connectivity index is 0.00000176. The van der Waals surface area contributed by atoms with Gasteiger partial charge >= 0.3 is 0 Å². The quantitative estimate of drug-likeness (QED) is 0.855. The third-order valence-corrected chi connectivity index (χ3v) is 5.17. The smallest absolute Gasteiger partial charge is 0.223 e. The normalized spacial score (nSPS) is 30.3. The monoisotopic (exact) mass is 362 g/mol. The highest BCUT2D eigenvalue weighted by Crippen LogP contribution is 2.50. The van der Waals surface area contributed by atoms with E-state index in [2.05, 4.69) is 5.32 Å². The number of nitrogens with two attached hydrogens (primary N) is 1. The highest BCUT2D eigenvalue weighted by Gasteiger charge is 2.45. The number of amides is 1. The van der Waals surface area contributed by atoms with Gasteiger partial charge in [0.05, 0.1) is 0 Å². The molecule has 0 radical (unpaired) electrons. The van der Waals surface area contributed by atoms with Crippen LogP contribution in [0.15, 0.2) is 18.2 Å². The molecule has 0 aromatic heterocycles. The van der Waals surface area contributed by atoms with E-state index in [1.165, 1.54) is 0 Å². The Kier molecular flexibility index (Phi) is 6.00. The zero-order chi connectivity index (χ0) is 15.0. The molecule has 0 aliphatic heterocycles. The zero-order valence-corrected chi connectivity index (χ0v) is 14.6. The van der Waals surface area contributed by atoms with Gasteiger partial charge < -0.3 is 11.1 Å². The van der Waals surface area contributed by atoms with E-state index in [9.17, 15) is 4.79 Å². The predicted molar refractivity (Wildman–Crippen MR) is 92.9 cm³/mol. The molecule has 2 aliphatic carbocycles. The van der Waals surface area contributed by atoms with E-state index in [-0.39, 0.29) is 30.2 Å². The third-order valence-electron chi connectivity index (χ3n) is 4.61. The summed E-state index contributed by atoms with van der Waals surface area (Å²) >= 11 is 12.1. The number of hydrogen-bond donors (Lipinski definition) is 2. The molecular formula is C16H21Cl3N2O. The standard InChI is InChI=1S/C16H20Cl2N2O.ClH/c17-9-1-6-12(15(18)7-9)13-8-14(13)16(21)20-11-4-2-10(19)3-5-11;/h1,6-7,10-11,13-14H,2-5,8,19H2,(H,20,21);1H. The Hall–Kier alpha value is -0.480. The molecule has 0 heterocycles. The van der Waals surface area contributed by atoms with Crippen molar-refractivity contribution in [2.24, 2.45) is 11.7 Å². The fourth-order valence-corrected chi connectivity index (χ4v) is 3.75. The Morgan fingerprint density at radius 1 is 1.18 bits per heavy atom. The van der Waals surface area contributed by atoms with Crippen molar-refractivity contribution < 1.29 is 4.79 Å². The van der Waals surface area contributed by atoms with Gasteiger partial charge in [0, 0.05) is 28.0 Å². The Morgan fingerprint density at radius 3 is 2.50 bits per heavy atom. The van der Waals surface area contributed by atoms with Gasteiger partial charge in [-0.3, -0.25) is 4.79 Å². The molecule has 2 aliphatic rings. The maximum absolute atomic E-state index is 12.3. The summed E-state index contributed by atoms with van der Waals surface area (Å²) in [6.07, 6.45) is 4.86. The molecule has 2 unspecified atom stereocenters. The van der Waals surface area contributed by atoms with Crippen LogP contribution in [0.2, 0.25) is 10.0 Å². The van der Waals surface area contributed by atoms with Crippen LogP contribution in [-0.2, 0) is 4.79 Å². The van der Waals surface area contributed by atoms with Gasteiger partial charge in [-0.1, -0.05) is 29.3 Å². The third kappa shape index (κ3) is 4.08. The molecule has 0 saturated heterocycles. The SMILES string of the molecule is Cl.NC1CCC(NC(=O)C2CC2c2ccc(Cl)cc2Cl)CC1.